The van der Waals surface area contributed by atoms with Gasteiger partial charge in [-0.15, -0.1) is 0 Å². The Morgan fingerprint density at radius 2 is 1.94 bits per heavy atom. The first-order chi connectivity index (χ1) is 7.48. The molecule has 0 aromatic heterocycles. The lowest BCUT2D eigenvalue weighted by molar-refractivity contribution is -0.256. The van der Waals surface area contributed by atoms with Crippen molar-refractivity contribution in [3.8, 4) is 0 Å². The number of rotatable bonds is 3. The Hall–Kier alpha value is -0.200. The van der Waals surface area contributed by atoms with Gasteiger partial charge in [0.2, 0.25) is 0 Å². The zero-order valence-corrected chi connectivity index (χ0v) is 10.2. The van der Waals surface area contributed by atoms with E-state index in [9.17, 15) is 5.11 Å². The van der Waals surface area contributed by atoms with Gasteiger partial charge < -0.3 is 24.1 Å². The molecule has 0 aromatic rings. The molecule has 0 aromatic carbocycles. The van der Waals surface area contributed by atoms with Crippen molar-refractivity contribution in [2.45, 2.75) is 57.1 Å². The van der Waals surface area contributed by atoms with Gasteiger partial charge >= 0.3 is 0 Å². The van der Waals surface area contributed by atoms with Crippen LogP contribution in [0.2, 0.25) is 0 Å². The zero-order valence-electron chi connectivity index (χ0n) is 10.2. The van der Waals surface area contributed by atoms with Gasteiger partial charge in [-0.1, -0.05) is 6.92 Å². The highest BCUT2D eigenvalue weighted by atomic mass is 16.8. The number of fused-ring (bicyclic) bond motifs is 1. The van der Waals surface area contributed by atoms with Crippen LogP contribution in [0.4, 0.5) is 0 Å². The summed E-state index contributed by atoms with van der Waals surface area (Å²) in [6.45, 7) is 5.58. The summed E-state index contributed by atoms with van der Waals surface area (Å²) >= 11 is 0. The monoisotopic (exact) mass is 232 g/mol. The van der Waals surface area contributed by atoms with E-state index in [0.717, 1.165) is 0 Å². The van der Waals surface area contributed by atoms with Gasteiger partial charge in [0.1, 0.15) is 17.8 Å². The van der Waals surface area contributed by atoms with E-state index in [-0.39, 0.29) is 18.8 Å². The molecule has 0 saturated carbocycles. The van der Waals surface area contributed by atoms with Crippen molar-refractivity contribution < 1.29 is 24.1 Å². The van der Waals surface area contributed by atoms with E-state index in [1.54, 1.807) is 7.11 Å². The fraction of sp³-hybridized carbons (Fsp3) is 1.00. The second-order valence-electron chi connectivity index (χ2n) is 4.82. The standard InChI is InChI=1S/C11H20O5/c1-5-11(6-12)8-7(9(13-4)16-11)14-10(2,3)15-8/h7-9,12H,5-6H2,1-4H3/t7-,8?,9+,11+/m0/s1. The Bertz CT molecular complexity index is 261. The van der Waals surface area contributed by atoms with E-state index >= 15 is 0 Å². The van der Waals surface area contributed by atoms with Crippen molar-refractivity contribution in [2.75, 3.05) is 13.7 Å². The molecule has 16 heavy (non-hydrogen) atoms. The van der Waals surface area contributed by atoms with Crippen molar-refractivity contribution in [3.05, 3.63) is 0 Å². The smallest absolute Gasteiger partial charge is 0.187 e. The summed E-state index contributed by atoms with van der Waals surface area (Å²) in [6, 6.07) is 0. The van der Waals surface area contributed by atoms with Gasteiger partial charge in [0.15, 0.2) is 12.1 Å². The third-order valence-corrected chi connectivity index (χ3v) is 3.37. The van der Waals surface area contributed by atoms with E-state index in [4.69, 9.17) is 18.9 Å². The molecule has 2 fully saturated rings. The topological polar surface area (TPSA) is 57.2 Å². The Labute approximate surface area is 95.6 Å². The average molecular weight is 232 g/mol. The third-order valence-electron chi connectivity index (χ3n) is 3.37. The van der Waals surface area contributed by atoms with Gasteiger partial charge in [0.25, 0.3) is 0 Å². The number of methoxy groups -OCH3 is 1. The lowest BCUT2D eigenvalue weighted by Crippen LogP contribution is -2.45. The SMILES string of the molecule is CC[C@]1(CO)O[C@@H](OC)[C@H]2OC(C)(C)OC21. The predicted octanol–water partition coefficient (Wildman–Crippen LogP) is 0.650. The maximum Gasteiger partial charge on any atom is 0.187 e. The molecule has 2 rings (SSSR count). The number of hydrogen-bond donors (Lipinski definition) is 1. The molecule has 2 aliphatic heterocycles. The first-order valence-corrected chi connectivity index (χ1v) is 5.65. The minimum Gasteiger partial charge on any atom is -0.393 e. The minimum atomic E-state index is -0.709. The molecule has 2 aliphatic rings. The first-order valence-electron chi connectivity index (χ1n) is 5.65. The molecule has 5 heteroatoms. The summed E-state index contributed by atoms with van der Waals surface area (Å²) in [5, 5.41) is 9.53. The lowest BCUT2D eigenvalue weighted by Gasteiger charge is -2.31. The van der Waals surface area contributed by atoms with Crippen LogP contribution in [0.3, 0.4) is 0 Å². The quantitative estimate of drug-likeness (QED) is 0.774. The first kappa shape index (κ1) is 12.3. The third kappa shape index (κ3) is 1.67. The van der Waals surface area contributed by atoms with Crippen LogP contribution in [0, 0.1) is 0 Å². The Morgan fingerprint density at radius 3 is 2.44 bits per heavy atom. The highest BCUT2D eigenvalue weighted by Crippen LogP contribution is 2.45. The molecule has 4 atom stereocenters. The van der Waals surface area contributed by atoms with Gasteiger partial charge in [-0.25, -0.2) is 0 Å². The Balaban J connectivity index is 2.26. The van der Waals surface area contributed by atoms with Crippen LogP contribution in [0.5, 0.6) is 0 Å². The van der Waals surface area contributed by atoms with Crippen LogP contribution >= 0.6 is 0 Å². The molecular weight excluding hydrogens is 212 g/mol. The molecular formula is C11H20O5. The highest BCUT2D eigenvalue weighted by molar-refractivity contribution is 5.04. The second kappa shape index (κ2) is 3.92. The second-order valence-corrected chi connectivity index (χ2v) is 4.82. The van der Waals surface area contributed by atoms with E-state index in [0.29, 0.717) is 6.42 Å². The van der Waals surface area contributed by atoms with Crippen LogP contribution in [-0.2, 0) is 18.9 Å². The summed E-state index contributed by atoms with van der Waals surface area (Å²) < 4.78 is 22.5. The highest BCUT2D eigenvalue weighted by Gasteiger charge is 2.62. The Morgan fingerprint density at radius 1 is 1.25 bits per heavy atom. The molecule has 2 saturated heterocycles. The lowest BCUT2D eigenvalue weighted by atomic mass is 9.93. The predicted molar refractivity (Wildman–Crippen MR) is 55.8 cm³/mol. The number of aliphatic hydroxyl groups excluding tert-OH is 1. The van der Waals surface area contributed by atoms with E-state index in [1.165, 1.54) is 0 Å². The largest absolute Gasteiger partial charge is 0.393 e. The van der Waals surface area contributed by atoms with Crippen LogP contribution in [0.25, 0.3) is 0 Å². The summed E-state index contributed by atoms with van der Waals surface area (Å²) in [5.74, 6) is -0.647. The summed E-state index contributed by atoms with van der Waals surface area (Å²) in [6.07, 6.45) is -0.363. The summed E-state index contributed by atoms with van der Waals surface area (Å²) in [7, 11) is 1.57. The molecule has 0 bridgehead atoms. The van der Waals surface area contributed by atoms with Gasteiger partial charge in [0.05, 0.1) is 6.61 Å². The van der Waals surface area contributed by atoms with Crippen molar-refractivity contribution in [2.24, 2.45) is 0 Å². The molecule has 1 N–H and O–H groups in total. The molecule has 0 amide bonds. The van der Waals surface area contributed by atoms with Crippen LogP contribution < -0.4 is 0 Å². The van der Waals surface area contributed by atoms with Crippen molar-refractivity contribution in [3.63, 3.8) is 0 Å². The van der Waals surface area contributed by atoms with Crippen molar-refractivity contribution in [1.82, 2.24) is 0 Å². The fourth-order valence-electron chi connectivity index (χ4n) is 2.47. The average Bonchev–Trinajstić information content (AvgIpc) is 2.70. The summed E-state index contributed by atoms with van der Waals surface area (Å²) in [4.78, 5) is 0. The fourth-order valence-corrected chi connectivity index (χ4v) is 2.47. The molecule has 94 valence electrons. The van der Waals surface area contributed by atoms with Crippen molar-refractivity contribution >= 4 is 0 Å². The summed E-state index contributed by atoms with van der Waals surface area (Å²) in [5.41, 5.74) is -0.709. The van der Waals surface area contributed by atoms with Crippen LogP contribution in [0.15, 0.2) is 0 Å². The minimum absolute atomic E-state index is 0.0933. The molecule has 5 nitrogen and oxygen atoms in total. The number of hydrogen-bond acceptors (Lipinski definition) is 5. The van der Waals surface area contributed by atoms with E-state index in [1.807, 2.05) is 20.8 Å². The molecule has 2 heterocycles. The maximum absolute atomic E-state index is 9.53. The van der Waals surface area contributed by atoms with Crippen molar-refractivity contribution in [1.29, 1.82) is 0 Å². The van der Waals surface area contributed by atoms with Crippen LogP contribution in [-0.4, -0.2) is 48.7 Å². The normalized spacial score (nSPS) is 45.9. The number of ether oxygens (including phenoxy) is 4. The van der Waals surface area contributed by atoms with Crippen LogP contribution in [0.1, 0.15) is 27.2 Å². The molecule has 1 unspecified atom stereocenters. The molecule has 0 radical (unpaired) electrons. The van der Waals surface area contributed by atoms with Gasteiger partial charge in [-0.3, -0.25) is 0 Å². The van der Waals surface area contributed by atoms with Gasteiger partial charge in [-0.2, -0.15) is 0 Å². The van der Waals surface area contributed by atoms with E-state index in [2.05, 4.69) is 0 Å². The molecule has 0 spiro atoms. The number of aliphatic hydroxyl groups is 1. The van der Waals surface area contributed by atoms with E-state index < -0.39 is 17.7 Å². The maximum atomic E-state index is 9.53. The Kier molecular flexibility index (Phi) is 3.01. The zero-order chi connectivity index (χ0) is 12.0. The van der Waals surface area contributed by atoms with Gasteiger partial charge in [0, 0.05) is 7.11 Å². The van der Waals surface area contributed by atoms with Gasteiger partial charge in [-0.05, 0) is 20.3 Å². The molecule has 0 aliphatic carbocycles.